The lowest BCUT2D eigenvalue weighted by molar-refractivity contribution is 0.454. The number of nitrogens with two attached hydrogens (primary N) is 1. The van der Waals surface area contributed by atoms with Crippen LogP contribution in [0.4, 0.5) is 0 Å². The highest BCUT2D eigenvalue weighted by Crippen LogP contribution is 2.36. The van der Waals surface area contributed by atoms with Gasteiger partial charge in [-0.2, -0.15) is 0 Å². The van der Waals surface area contributed by atoms with Gasteiger partial charge in [0.2, 0.25) is 0 Å². The normalized spacial score (nSPS) is 18.9. The first-order valence-electron chi connectivity index (χ1n) is 7.42. The molecule has 102 valence electrons. The Morgan fingerprint density at radius 2 is 1.78 bits per heavy atom. The smallest absolute Gasteiger partial charge is 0.0962 e. The molecule has 0 spiro atoms. The zero-order chi connectivity index (χ0) is 13.0. The number of nitrogens with zero attached hydrogens (tertiary/aromatic N) is 1. The van der Waals surface area contributed by atoms with Gasteiger partial charge in [0.15, 0.2) is 0 Å². The molecule has 1 aliphatic rings. The number of thiazole rings is 1. The van der Waals surface area contributed by atoms with Crippen LogP contribution >= 0.6 is 11.3 Å². The van der Waals surface area contributed by atoms with Gasteiger partial charge in [-0.05, 0) is 18.8 Å². The van der Waals surface area contributed by atoms with Crippen LogP contribution in [-0.4, -0.2) is 4.98 Å². The Hall–Kier alpha value is -0.410. The van der Waals surface area contributed by atoms with E-state index in [1.165, 1.54) is 60.5 Å². The summed E-state index contributed by atoms with van der Waals surface area (Å²) in [4.78, 5) is 6.22. The molecule has 2 rings (SSSR count). The van der Waals surface area contributed by atoms with E-state index in [-0.39, 0.29) is 0 Å². The minimum atomic E-state index is 0.502. The molecular formula is C15H26N2S. The third kappa shape index (κ3) is 3.33. The van der Waals surface area contributed by atoms with Crippen LogP contribution in [0.5, 0.6) is 0 Å². The van der Waals surface area contributed by atoms with Gasteiger partial charge >= 0.3 is 0 Å². The van der Waals surface area contributed by atoms with Crippen LogP contribution in [0.1, 0.15) is 86.2 Å². The zero-order valence-electron chi connectivity index (χ0n) is 11.7. The summed E-state index contributed by atoms with van der Waals surface area (Å²) in [6.45, 7) is 5.09. The monoisotopic (exact) mass is 266 g/mol. The summed E-state index contributed by atoms with van der Waals surface area (Å²) < 4.78 is 0. The van der Waals surface area contributed by atoms with Crippen molar-refractivity contribution >= 4 is 11.3 Å². The summed E-state index contributed by atoms with van der Waals surface area (Å²) in [5.74, 6) is 1.20. The average molecular weight is 266 g/mol. The van der Waals surface area contributed by atoms with Crippen molar-refractivity contribution in [2.45, 2.75) is 77.2 Å². The molecule has 2 N–H and O–H groups in total. The lowest BCUT2D eigenvalue weighted by atomic mass is 9.91. The molecule has 1 heterocycles. The third-order valence-corrected chi connectivity index (χ3v) is 5.19. The maximum absolute atomic E-state index is 5.86. The van der Waals surface area contributed by atoms with Gasteiger partial charge in [0, 0.05) is 17.3 Å². The molecule has 0 aromatic carbocycles. The molecule has 0 aliphatic heterocycles. The second kappa shape index (κ2) is 6.67. The highest BCUT2D eigenvalue weighted by atomic mass is 32.1. The fourth-order valence-corrected chi connectivity index (χ4v) is 4.13. The summed E-state index contributed by atoms with van der Waals surface area (Å²) >= 11 is 1.87. The lowest BCUT2D eigenvalue weighted by Crippen LogP contribution is -2.02. The van der Waals surface area contributed by atoms with E-state index in [0.717, 1.165) is 0 Å². The van der Waals surface area contributed by atoms with Crippen LogP contribution in [0.3, 0.4) is 0 Å². The lowest BCUT2D eigenvalue weighted by Gasteiger charge is -2.17. The first-order valence-corrected chi connectivity index (χ1v) is 8.23. The van der Waals surface area contributed by atoms with Crippen LogP contribution < -0.4 is 5.73 Å². The number of aromatic nitrogens is 1. The van der Waals surface area contributed by atoms with E-state index in [2.05, 4.69) is 13.8 Å². The Kier molecular flexibility index (Phi) is 5.19. The molecule has 0 radical (unpaired) electrons. The molecule has 0 bridgehead atoms. The van der Waals surface area contributed by atoms with Crippen molar-refractivity contribution in [1.29, 1.82) is 0 Å². The van der Waals surface area contributed by atoms with Gasteiger partial charge < -0.3 is 5.73 Å². The van der Waals surface area contributed by atoms with Gasteiger partial charge in [0.05, 0.1) is 10.7 Å². The van der Waals surface area contributed by atoms with Gasteiger partial charge in [-0.1, -0.05) is 46.0 Å². The van der Waals surface area contributed by atoms with Crippen molar-refractivity contribution in [2.24, 2.45) is 5.73 Å². The number of hydrogen-bond acceptors (Lipinski definition) is 3. The second-order valence-electron chi connectivity index (χ2n) is 5.76. The quantitative estimate of drug-likeness (QED) is 0.871. The van der Waals surface area contributed by atoms with Crippen LogP contribution in [0.15, 0.2) is 0 Å². The van der Waals surface area contributed by atoms with Crippen molar-refractivity contribution in [3.8, 4) is 0 Å². The SMILES string of the molecule is CC(C)c1nc(C2CCCCCCC2)sc1CN. The summed E-state index contributed by atoms with van der Waals surface area (Å²) in [7, 11) is 0. The zero-order valence-corrected chi connectivity index (χ0v) is 12.6. The highest BCUT2D eigenvalue weighted by Gasteiger charge is 2.20. The number of rotatable bonds is 3. The van der Waals surface area contributed by atoms with E-state index >= 15 is 0 Å². The van der Waals surface area contributed by atoms with E-state index < -0.39 is 0 Å². The predicted molar refractivity (Wildman–Crippen MR) is 79.2 cm³/mol. The highest BCUT2D eigenvalue weighted by molar-refractivity contribution is 7.11. The molecule has 1 saturated carbocycles. The van der Waals surface area contributed by atoms with Gasteiger partial charge in [-0.3, -0.25) is 0 Å². The fourth-order valence-electron chi connectivity index (χ4n) is 2.86. The average Bonchev–Trinajstić information content (AvgIpc) is 2.72. The number of hydrogen-bond donors (Lipinski definition) is 1. The summed E-state index contributed by atoms with van der Waals surface area (Å²) in [6, 6.07) is 0. The van der Waals surface area contributed by atoms with E-state index in [4.69, 9.17) is 10.7 Å². The Morgan fingerprint density at radius 1 is 1.17 bits per heavy atom. The van der Waals surface area contributed by atoms with Crippen LogP contribution in [-0.2, 0) is 6.54 Å². The Bertz CT molecular complexity index is 363. The molecular weight excluding hydrogens is 240 g/mol. The third-order valence-electron chi connectivity index (χ3n) is 3.93. The second-order valence-corrected chi connectivity index (χ2v) is 6.88. The van der Waals surface area contributed by atoms with Crippen molar-refractivity contribution < 1.29 is 0 Å². The molecule has 3 heteroatoms. The van der Waals surface area contributed by atoms with E-state index in [1.807, 2.05) is 11.3 Å². The maximum atomic E-state index is 5.86. The maximum Gasteiger partial charge on any atom is 0.0962 e. The van der Waals surface area contributed by atoms with Gasteiger partial charge in [-0.15, -0.1) is 11.3 Å². The van der Waals surface area contributed by atoms with Crippen molar-refractivity contribution in [1.82, 2.24) is 4.98 Å². The summed E-state index contributed by atoms with van der Waals surface area (Å²) in [6.07, 6.45) is 9.64. The fraction of sp³-hybridized carbons (Fsp3) is 0.800. The van der Waals surface area contributed by atoms with E-state index in [9.17, 15) is 0 Å². The standard InChI is InChI=1S/C15H26N2S/c1-11(2)14-13(10-16)18-15(17-14)12-8-6-4-3-5-7-9-12/h11-12H,3-10,16H2,1-2H3. The topological polar surface area (TPSA) is 38.9 Å². The van der Waals surface area contributed by atoms with Crippen molar-refractivity contribution in [2.75, 3.05) is 0 Å². The van der Waals surface area contributed by atoms with Crippen molar-refractivity contribution in [3.63, 3.8) is 0 Å². The Balaban J connectivity index is 2.15. The molecule has 1 fully saturated rings. The molecule has 0 unspecified atom stereocenters. The van der Waals surface area contributed by atoms with E-state index in [1.54, 1.807) is 0 Å². The van der Waals surface area contributed by atoms with Crippen molar-refractivity contribution in [3.05, 3.63) is 15.6 Å². The predicted octanol–water partition coefficient (Wildman–Crippen LogP) is 4.55. The molecule has 18 heavy (non-hydrogen) atoms. The molecule has 0 amide bonds. The molecule has 0 saturated heterocycles. The summed E-state index contributed by atoms with van der Waals surface area (Å²) in [5, 5.41) is 1.36. The van der Waals surface area contributed by atoms with Gasteiger partial charge in [0.25, 0.3) is 0 Å². The molecule has 1 aliphatic carbocycles. The minimum absolute atomic E-state index is 0.502. The van der Waals surface area contributed by atoms with Crippen LogP contribution in [0, 0.1) is 0 Å². The first kappa shape index (κ1) is 14.0. The Labute approximate surface area is 115 Å². The van der Waals surface area contributed by atoms with Gasteiger partial charge in [0.1, 0.15) is 0 Å². The van der Waals surface area contributed by atoms with Gasteiger partial charge in [-0.25, -0.2) is 4.98 Å². The summed E-state index contributed by atoms with van der Waals surface area (Å²) in [5.41, 5.74) is 7.11. The van der Waals surface area contributed by atoms with E-state index in [0.29, 0.717) is 18.4 Å². The molecule has 1 aromatic heterocycles. The van der Waals surface area contributed by atoms with Crippen LogP contribution in [0.25, 0.3) is 0 Å². The minimum Gasteiger partial charge on any atom is -0.326 e. The van der Waals surface area contributed by atoms with Crippen LogP contribution in [0.2, 0.25) is 0 Å². The Morgan fingerprint density at radius 3 is 2.28 bits per heavy atom. The molecule has 1 aromatic rings. The molecule has 0 atom stereocenters. The molecule has 2 nitrogen and oxygen atoms in total. The first-order chi connectivity index (χ1) is 8.72. The largest absolute Gasteiger partial charge is 0.326 e.